The highest BCUT2D eigenvalue weighted by Gasteiger charge is 2.23. The van der Waals surface area contributed by atoms with Gasteiger partial charge >= 0.3 is 0 Å². The Labute approximate surface area is 137 Å². The molecule has 0 heterocycles. The molecule has 0 fully saturated rings. The Kier molecular flexibility index (Phi) is 6.18. The molecular formula is C19H24N2O2. The summed E-state index contributed by atoms with van der Waals surface area (Å²) in [6, 6.07) is 17.5. The van der Waals surface area contributed by atoms with Crippen LogP contribution in [-0.2, 0) is 11.3 Å². The minimum Gasteiger partial charge on any atom is -0.494 e. The molecule has 0 aliphatic heterocycles. The van der Waals surface area contributed by atoms with Crippen LogP contribution in [0.25, 0.3) is 0 Å². The van der Waals surface area contributed by atoms with Crippen molar-refractivity contribution in [3.05, 3.63) is 65.7 Å². The molecule has 1 atom stereocenters. The van der Waals surface area contributed by atoms with Gasteiger partial charge in [-0.2, -0.15) is 0 Å². The predicted octanol–water partition coefficient (Wildman–Crippen LogP) is 2.79. The van der Waals surface area contributed by atoms with Crippen LogP contribution in [-0.4, -0.2) is 31.0 Å². The topological polar surface area (TPSA) is 55.6 Å². The Hall–Kier alpha value is -2.33. The number of carbonyl (C=O) groups excluding carboxylic acids is 1. The van der Waals surface area contributed by atoms with Crippen molar-refractivity contribution in [3.63, 3.8) is 0 Å². The lowest BCUT2D eigenvalue weighted by atomic mass is 9.97. The summed E-state index contributed by atoms with van der Waals surface area (Å²) in [7, 11) is 1.80. The molecule has 0 spiro atoms. The first-order valence-corrected chi connectivity index (χ1v) is 7.88. The molecule has 1 amide bonds. The average Bonchev–Trinajstić information content (AvgIpc) is 2.58. The molecular weight excluding hydrogens is 288 g/mol. The van der Waals surface area contributed by atoms with Crippen molar-refractivity contribution in [1.29, 1.82) is 0 Å². The van der Waals surface area contributed by atoms with Gasteiger partial charge in [-0.25, -0.2) is 0 Å². The van der Waals surface area contributed by atoms with Crippen molar-refractivity contribution >= 4 is 5.91 Å². The zero-order chi connectivity index (χ0) is 16.7. The van der Waals surface area contributed by atoms with Gasteiger partial charge in [-0.05, 0) is 18.6 Å². The summed E-state index contributed by atoms with van der Waals surface area (Å²) in [6.07, 6.45) is 0. The van der Waals surface area contributed by atoms with Gasteiger partial charge in [-0.3, -0.25) is 4.79 Å². The van der Waals surface area contributed by atoms with Crippen LogP contribution in [0.4, 0.5) is 0 Å². The fraction of sp³-hybridized carbons (Fsp3) is 0.316. The highest BCUT2D eigenvalue weighted by Crippen LogP contribution is 2.22. The third-order valence-electron chi connectivity index (χ3n) is 3.79. The molecule has 122 valence electrons. The second-order valence-corrected chi connectivity index (χ2v) is 5.43. The van der Waals surface area contributed by atoms with Gasteiger partial charge in [0.1, 0.15) is 5.75 Å². The Bertz CT molecular complexity index is 628. The quantitative estimate of drug-likeness (QED) is 0.855. The van der Waals surface area contributed by atoms with E-state index in [9.17, 15) is 4.79 Å². The fourth-order valence-corrected chi connectivity index (χ4v) is 2.60. The van der Waals surface area contributed by atoms with Crippen molar-refractivity contribution in [2.45, 2.75) is 19.4 Å². The van der Waals surface area contributed by atoms with Crippen molar-refractivity contribution in [3.8, 4) is 5.75 Å². The summed E-state index contributed by atoms with van der Waals surface area (Å²) < 4.78 is 5.63. The number of rotatable bonds is 7. The van der Waals surface area contributed by atoms with Gasteiger partial charge in [0.2, 0.25) is 5.91 Å². The number of hydrogen-bond donors (Lipinski definition) is 1. The second-order valence-electron chi connectivity index (χ2n) is 5.43. The highest BCUT2D eigenvalue weighted by molar-refractivity contribution is 5.83. The molecule has 2 rings (SSSR count). The standard InChI is InChI=1S/C19H24N2O2/c1-3-23-18-12-8-7-11-16(18)14-21(2)19(22)17(13-20)15-9-5-4-6-10-15/h4-12,17H,3,13-14,20H2,1-2H3. The van der Waals surface area contributed by atoms with E-state index >= 15 is 0 Å². The zero-order valence-electron chi connectivity index (χ0n) is 13.7. The first-order valence-electron chi connectivity index (χ1n) is 7.88. The number of ether oxygens (including phenoxy) is 1. The molecule has 0 aliphatic carbocycles. The Morgan fingerprint density at radius 1 is 1.13 bits per heavy atom. The maximum Gasteiger partial charge on any atom is 0.231 e. The molecule has 4 heteroatoms. The summed E-state index contributed by atoms with van der Waals surface area (Å²) >= 11 is 0. The van der Waals surface area contributed by atoms with Gasteiger partial charge in [0, 0.05) is 25.7 Å². The van der Waals surface area contributed by atoms with E-state index in [1.807, 2.05) is 61.5 Å². The highest BCUT2D eigenvalue weighted by atomic mass is 16.5. The van der Waals surface area contributed by atoms with Crippen molar-refractivity contribution in [1.82, 2.24) is 4.90 Å². The summed E-state index contributed by atoms with van der Waals surface area (Å²) in [5, 5.41) is 0. The van der Waals surface area contributed by atoms with Gasteiger partial charge in [0.05, 0.1) is 12.5 Å². The maximum absolute atomic E-state index is 12.8. The lowest BCUT2D eigenvalue weighted by Gasteiger charge is -2.24. The van der Waals surface area contributed by atoms with E-state index in [0.717, 1.165) is 16.9 Å². The Balaban J connectivity index is 2.13. The smallest absolute Gasteiger partial charge is 0.231 e. The second kappa shape index (κ2) is 8.34. The number of amides is 1. The van der Waals surface area contributed by atoms with Crippen LogP contribution in [0, 0.1) is 0 Å². The molecule has 2 N–H and O–H groups in total. The molecule has 0 radical (unpaired) electrons. The van der Waals surface area contributed by atoms with Crippen molar-refractivity contribution in [2.75, 3.05) is 20.2 Å². The van der Waals surface area contributed by atoms with Crippen molar-refractivity contribution in [2.24, 2.45) is 5.73 Å². The van der Waals surface area contributed by atoms with E-state index in [0.29, 0.717) is 19.7 Å². The van der Waals surface area contributed by atoms with Gasteiger partial charge < -0.3 is 15.4 Å². The molecule has 0 saturated heterocycles. The van der Waals surface area contributed by atoms with E-state index < -0.39 is 0 Å². The zero-order valence-corrected chi connectivity index (χ0v) is 13.7. The lowest BCUT2D eigenvalue weighted by Crippen LogP contribution is -2.35. The fourth-order valence-electron chi connectivity index (χ4n) is 2.60. The molecule has 0 aliphatic rings. The van der Waals surface area contributed by atoms with E-state index in [2.05, 4.69) is 0 Å². The van der Waals surface area contributed by atoms with Gasteiger partial charge in [0.25, 0.3) is 0 Å². The van der Waals surface area contributed by atoms with Crippen molar-refractivity contribution < 1.29 is 9.53 Å². The Morgan fingerprint density at radius 2 is 1.78 bits per heavy atom. The minimum atomic E-state index is -0.319. The van der Waals surface area contributed by atoms with Crippen LogP contribution in [0.5, 0.6) is 5.75 Å². The number of nitrogens with two attached hydrogens (primary N) is 1. The van der Waals surface area contributed by atoms with Gasteiger partial charge in [0.15, 0.2) is 0 Å². The number of benzene rings is 2. The van der Waals surface area contributed by atoms with Crippen LogP contribution < -0.4 is 10.5 Å². The Morgan fingerprint density at radius 3 is 2.43 bits per heavy atom. The SMILES string of the molecule is CCOc1ccccc1CN(C)C(=O)C(CN)c1ccccc1. The molecule has 4 nitrogen and oxygen atoms in total. The summed E-state index contributed by atoms with van der Waals surface area (Å²) in [4.78, 5) is 14.5. The third kappa shape index (κ3) is 4.33. The normalized spacial score (nSPS) is 11.8. The van der Waals surface area contributed by atoms with E-state index in [1.54, 1.807) is 11.9 Å². The first-order chi connectivity index (χ1) is 11.2. The molecule has 23 heavy (non-hydrogen) atoms. The molecule has 1 unspecified atom stereocenters. The number of likely N-dealkylation sites (N-methyl/N-ethyl adjacent to an activating group) is 1. The number of hydrogen-bond acceptors (Lipinski definition) is 3. The summed E-state index contributed by atoms with van der Waals surface area (Å²) in [6.45, 7) is 3.34. The monoisotopic (exact) mass is 312 g/mol. The van der Waals surface area contributed by atoms with E-state index in [1.165, 1.54) is 0 Å². The van der Waals surface area contributed by atoms with Crippen LogP contribution in [0.1, 0.15) is 24.0 Å². The van der Waals surface area contributed by atoms with E-state index in [-0.39, 0.29) is 11.8 Å². The molecule has 0 bridgehead atoms. The number of carbonyl (C=O) groups is 1. The number of nitrogens with zero attached hydrogens (tertiary/aromatic N) is 1. The van der Waals surface area contributed by atoms with E-state index in [4.69, 9.17) is 10.5 Å². The summed E-state index contributed by atoms with van der Waals surface area (Å²) in [5.74, 6) is 0.518. The van der Waals surface area contributed by atoms with Crippen LogP contribution in [0.2, 0.25) is 0 Å². The van der Waals surface area contributed by atoms with Crippen LogP contribution >= 0.6 is 0 Å². The van der Waals surface area contributed by atoms with Gasteiger partial charge in [-0.1, -0.05) is 48.5 Å². The molecule has 2 aromatic rings. The maximum atomic E-state index is 12.8. The number of para-hydroxylation sites is 1. The third-order valence-corrected chi connectivity index (χ3v) is 3.79. The molecule has 0 saturated carbocycles. The average molecular weight is 312 g/mol. The first kappa shape index (κ1) is 17.0. The molecule has 0 aromatic heterocycles. The lowest BCUT2D eigenvalue weighted by molar-refractivity contribution is -0.131. The minimum absolute atomic E-state index is 0.0185. The van der Waals surface area contributed by atoms with Crippen LogP contribution in [0.3, 0.4) is 0 Å². The summed E-state index contributed by atoms with van der Waals surface area (Å²) in [5.41, 5.74) is 7.79. The predicted molar refractivity (Wildman–Crippen MR) is 92.3 cm³/mol. The largest absolute Gasteiger partial charge is 0.494 e. The van der Waals surface area contributed by atoms with Crippen LogP contribution in [0.15, 0.2) is 54.6 Å². The molecule has 2 aromatic carbocycles. The van der Waals surface area contributed by atoms with Gasteiger partial charge in [-0.15, -0.1) is 0 Å².